The van der Waals surface area contributed by atoms with Crippen molar-refractivity contribution >= 4 is 24.3 Å². The normalized spacial score (nSPS) is 10.6. The van der Waals surface area contributed by atoms with Crippen molar-refractivity contribution in [3.8, 4) is 11.5 Å². The zero-order valence-electron chi connectivity index (χ0n) is 13.8. The van der Waals surface area contributed by atoms with Gasteiger partial charge in [0, 0.05) is 11.8 Å². The average molecular weight is 362 g/mol. The lowest BCUT2D eigenvalue weighted by molar-refractivity contribution is -0.120. The number of benzene rings is 1. The zero-order valence-corrected chi connectivity index (χ0v) is 14.6. The Labute approximate surface area is 148 Å². The molecule has 0 spiro atoms. The van der Waals surface area contributed by atoms with Gasteiger partial charge in [-0.1, -0.05) is 0 Å². The monoisotopic (exact) mass is 362 g/mol. The van der Waals surface area contributed by atoms with Gasteiger partial charge in [-0.3, -0.25) is 14.6 Å². The average Bonchev–Trinajstić information content (AvgIpc) is 2.54. The van der Waals surface area contributed by atoms with E-state index in [1.54, 1.807) is 25.3 Å². The molecular weight excluding hydrogens is 344 g/mol. The maximum atomic E-state index is 11.9. The number of rotatable bonds is 7. The van der Waals surface area contributed by atoms with Gasteiger partial charge in [0.25, 0.3) is 5.56 Å². The number of hydrogen-bond donors (Lipinski definition) is 3. The van der Waals surface area contributed by atoms with Crippen molar-refractivity contribution in [2.24, 2.45) is 5.10 Å². The molecule has 2 aromatic rings. The molecule has 0 bridgehead atoms. The van der Waals surface area contributed by atoms with Crippen molar-refractivity contribution in [2.45, 2.75) is 13.3 Å². The first-order valence-corrected chi connectivity index (χ1v) is 7.88. The third-order valence-electron chi connectivity index (χ3n) is 3.06. The lowest BCUT2D eigenvalue weighted by Gasteiger charge is -2.09. The summed E-state index contributed by atoms with van der Waals surface area (Å²) in [6, 6.07) is 6.57. The van der Waals surface area contributed by atoms with Crippen LogP contribution in [0.25, 0.3) is 0 Å². The van der Waals surface area contributed by atoms with Crippen molar-refractivity contribution < 1.29 is 14.3 Å². The Kier molecular flexibility index (Phi) is 6.47. The van der Waals surface area contributed by atoms with Crippen LogP contribution in [0, 0.1) is 4.77 Å². The number of hydrogen-bond acceptors (Lipinski definition) is 6. The Bertz CT molecular complexity index is 860. The van der Waals surface area contributed by atoms with Gasteiger partial charge in [0.05, 0.1) is 26.4 Å². The van der Waals surface area contributed by atoms with E-state index >= 15 is 0 Å². The third kappa shape index (κ3) is 5.57. The van der Waals surface area contributed by atoms with E-state index in [1.807, 2.05) is 6.92 Å². The van der Waals surface area contributed by atoms with Crippen molar-refractivity contribution in [3.05, 3.63) is 50.6 Å². The maximum Gasteiger partial charge on any atom is 0.251 e. The van der Waals surface area contributed by atoms with Crippen LogP contribution >= 0.6 is 12.2 Å². The highest BCUT2D eigenvalue weighted by Crippen LogP contribution is 2.27. The Morgan fingerprint density at radius 3 is 2.80 bits per heavy atom. The fourth-order valence-corrected chi connectivity index (χ4v) is 2.28. The molecule has 0 saturated heterocycles. The van der Waals surface area contributed by atoms with Gasteiger partial charge in [0.2, 0.25) is 5.91 Å². The lowest BCUT2D eigenvalue weighted by Crippen LogP contribution is -2.21. The number of aromatic amines is 2. The van der Waals surface area contributed by atoms with Gasteiger partial charge in [-0.05, 0) is 42.9 Å². The Morgan fingerprint density at radius 2 is 2.12 bits per heavy atom. The van der Waals surface area contributed by atoms with Gasteiger partial charge in [-0.25, -0.2) is 5.43 Å². The van der Waals surface area contributed by atoms with E-state index in [1.165, 1.54) is 12.3 Å². The van der Waals surface area contributed by atoms with Crippen LogP contribution in [-0.2, 0) is 11.2 Å². The highest BCUT2D eigenvalue weighted by molar-refractivity contribution is 7.71. The minimum atomic E-state index is -0.383. The van der Waals surface area contributed by atoms with Crippen LogP contribution in [-0.4, -0.2) is 35.8 Å². The molecule has 1 aromatic carbocycles. The molecule has 1 heterocycles. The van der Waals surface area contributed by atoms with Gasteiger partial charge in [0.15, 0.2) is 16.3 Å². The predicted octanol–water partition coefficient (Wildman–Crippen LogP) is 1.53. The molecule has 0 aliphatic heterocycles. The second-order valence-corrected chi connectivity index (χ2v) is 5.33. The van der Waals surface area contributed by atoms with Crippen molar-refractivity contribution in [3.63, 3.8) is 0 Å². The molecule has 0 aliphatic rings. The largest absolute Gasteiger partial charge is 0.493 e. The smallest absolute Gasteiger partial charge is 0.251 e. The number of carbonyl (C=O) groups is 1. The summed E-state index contributed by atoms with van der Waals surface area (Å²) in [6.45, 7) is 2.38. The minimum absolute atomic E-state index is 0.0439. The van der Waals surface area contributed by atoms with E-state index in [0.717, 1.165) is 5.56 Å². The molecular formula is C16H18N4O4S. The number of carbonyl (C=O) groups excluding carboxylic acids is 1. The summed E-state index contributed by atoms with van der Waals surface area (Å²) in [5.74, 6) is 0.829. The molecule has 8 nitrogen and oxygen atoms in total. The number of amides is 1. The van der Waals surface area contributed by atoms with E-state index in [-0.39, 0.29) is 22.7 Å². The molecule has 1 aromatic heterocycles. The number of methoxy groups -OCH3 is 1. The van der Waals surface area contributed by atoms with Crippen LogP contribution in [0.3, 0.4) is 0 Å². The summed E-state index contributed by atoms with van der Waals surface area (Å²) in [6.07, 6.45) is 1.44. The zero-order chi connectivity index (χ0) is 18.2. The first kappa shape index (κ1) is 18.4. The Balaban J connectivity index is 2.00. The molecule has 0 saturated carbocycles. The highest BCUT2D eigenvalue weighted by Gasteiger charge is 2.05. The van der Waals surface area contributed by atoms with Crippen LogP contribution in [0.15, 0.2) is 34.2 Å². The molecule has 9 heteroatoms. The van der Waals surface area contributed by atoms with Crippen LogP contribution in [0.5, 0.6) is 11.5 Å². The van der Waals surface area contributed by atoms with E-state index in [0.29, 0.717) is 23.8 Å². The summed E-state index contributed by atoms with van der Waals surface area (Å²) >= 11 is 4.85. The SMILES string of the molecule is CCOc1cc(/C=N\NC(=O)Cc2cc(=O)[nH]c(=S)[nH]2)ccc1OC. The number of H-pyrrole nitrogens is 2. The fraction of sp³-hybridized carbons (Fsp3) is 0.250. The molecule has 3 N–H and O–H groups in total. The highest BCUT2D eigenvalue weighted by atomic mass is 32.1. The van der Waals surface area contributed by atoms with E-state index in [4.69, 9.17) is 21.7 Å². The van der Waals surface area contributed by atoms with E-state index in [2.05, 4.69) is 20.5 Å². The minimum Gasteiger partial charge on any atom is -0.493 e. The first-order chi connectivity index (χ1) is 12.0. The Morgan fingerprint density at radius 1 is 1.32 bits per heavy atom. The van der Waals surface area contributed by atoms with E-state index in [9.17, 15) is 9.59 Å². The topological polar surface area (TPSA) is 109 Å². The van der Waals surface area contributed by atoms with Gasteiger partial charge in [-0.2, -0.15) is 5.10 Å². The second kappa shape index (κ2) is 8.78. The first-order valence-electron chi connectivity index (χ1n) is 7.47. The van der Waals surface area contributed by atoms with Crippen LogP contribution in [0.4, 0.5) is 0 Å². The summed E-state index contributed by atoms with van der Waals surface area (Å²) in [5.41, 5.74) is 3.17. The molecule has 0 atom stereocenters. The summed E-state index contributed by atoms with van der Waals surface area (Å²) in [5, 5.41) is 3.89. The number of nitrogens with one attached hydrogen (secondary N) is 3. The van der Waals surface area contributed by atoms with Gasteiger partial charge in [0.1, 0.15) is 0 Å². The van der Waals surface area contributed by atoms with Crippen LogP contribution < -0.4 is 20.5 Å². The summed E-state index contributed by atoms with van der Waals surface area (Å²) in [7, 11) is 1.56. The maximum absolute atomic E-state index is 11.9. The quantitative estimate of drug-likeness (QED) is 0.393. The van der Waals surface area contributed by atoms with Crippen LogP contribution in [0.1, 0.15) is 18.2 Å². The molecule has 0 unspecified atom stereocenters. The van der Waals surface area contributed by atoms with Gasteiger partial charge < -0.3 is 14.5 Å². The van der Waals surface area contributed by atoms with Crippen molar-refractivity contribution in [2.75, 3.05) is 13.7 Å². The Hall–Kier alpha value is -2.94. The molecule has 1 amide bonds. The van der Waals surface area contributed by atoms with Crippen molar-refractivity contribution in [1.29, 1.82) is 0 Å². The second-order valence-electron chi connectivity index (χ2n) is 4.93. The molecule has 0 radical (unpaired) electrons. The molecule has 132 valence electrons. The van der Waals surface area contributed by atoms with Gasteiger partial charge in [-0.15, -0.1) is 0 Å². The fourth-order valence-electron chi connectivity index (χ4n) is 2.05. The molecule has 2 rings (SSSR count). The van der Waals surface area contributed by atoms with Gasteiger partial charge >= 0.3 is 0 Å². The van der Waals surface area contributed by atoms with Crippen LogP contribution in [0.2, 0.25) is 0 Å². The van der Waals surface area contributed by atoms with Crippen molar-refractivity contribution in [1.82, 2.24) is 15.4 Å². The number of aromatic nitrogens is 2. The number of nitrogens with zero attached hydrogens (tertiary/aromatic N) is 1. The molecule has 25 heavy (non-hydrogen) atoms. The van der Waals surface area contributed by atoms with E-state index < -0.39 is 0 Å². The molecule has 0 aliphatic carbocycles. The standard InChI is InChI=1S/C16H18N4O4S/c1-3-24-13-6-10(4-5-12(13)23-2)9-17-20-15(22)8-11-7-14(21)19-16(25)18-11/h4-7,9H,3,8H2,1-2H3,(H,20,22)(H2,18,19,21,25)/b17-9-. The molecule has 0 fully saturated rings. The lowest BCUT2D eigenvalue weighted by atomic mass is 10.2. The number of hydrazone groups is 1. The predicted molar refractivity (Wildman–Crippen MR) is 95.9 cm³/mol. The summed E-state index contributed by atoms with van der Waals surface area (Å²) in [4.78, 5) is 28.3. The third-order valence-corrected chi connectivity index (χ3v) is 3.26. The summed E-state index contributed by atoms with van der Waals surface area (Å²) < 4.78 is 10.8. The number of ether oxygens (including phenoxy) is 2.